The molecule has 3 heteroatoms. The van der Waals surface area contributed by atoms with Crippen molar-refractivity contribution in [3.8, 4) is 0 Å². The van der Waals surface area contributed by atoms with E-state index < -0.39 is 0 Å². The lowest BCUT2D eigenvalue weighted by Gasteiger charge is -2.51. The number of piperazine rings is 1. The number of rotatable bonds is 4. The number of nitrogens with one attached hydrogen (secondary N) is 1. The van der Waals surface area contributed by atoms with Crippen LogP contribution in [0.5, 0.6) is 0 Å². The number of hydrogen-bond donors (Lipinski definition) is 1. The van der Waals surface area contributed by atoms with Crippen molar-refractivity contribution >= 4 is 0 Å². The summed E-state index contributed by atoms with van der Waals surface area (Å²) in [4.78, 5) is 2.66. The highest BCUT2D eigenvalue weighted by Gasteiger charge is 2.39. The van der Waals surface area contributed by atoms with Crippen molar-refractivity contribution in [3.63, 3.8) is 0 Å². The monoisotopic (exact) mass is 268 g/mol. The number of hydrogen-bond acceptors (Lipinski definition) is 3. The van der Waals surface area contributed by atoms with Gasteiger partial charge in [-0.25, -0.2) is 0 Å². The third-order valence-electron chi connectivity index (χ3n) is 5.13. The predicted molar refractivity (Wildman–Crippen MR) is 80.5 cm³/mol. The smallest absolute Gasteiger partial charge is 0.0615 e. The van der Waals surface area contributed by atoms with Crippen molar-refractivity contribution in [2.75, 3.05) is 26.8 Å². The molecule has 2 aliphatic rings. The molecule has 0 spiro atoms. The standard InChI is InChI=1S/C16H32N2O/c1-13(11-19-4)18-10-15(17-12-16(18,2)3)14-8-6-5-7-9-14/h13-15,17H,5-12H2,1-4H3. The largest absolute Gasteiger partial charge is 0.383 e. The fourth-order valence-corrected chi connectivity index (χ4v) is 3.97. The molecule has 3 nitrogen and oxygen atoms in total. The molecule has 0 aromatic heterocycles. The first-order valence-corrected chi connectivity index (χ1v) is 8.03. The van der Waals surface area contributed by atoms with Gasteiger partial charge in [-0.2, -0.15) is 0 Å². The molecule has 1 saturated carbocycles. The number of methoxy groups -OCH3 is 1. The van der Waals surface area contributed by atoms with Gasteiger partial charge in [-0.15, -0.1) is 0 Å². The summed E-state index contributed by atoms with van der Waals surface area (Å²) in [5.41, 5.74) is 0.239. The van der Waals surface area contributed by atoms with Crippen molar-refractivity contribution in [1.82, 2.24) is 10.2 Å². The van der Waals surface area contributed by atoms with Crippen molar-refractivity contribution in [1.29, 1.82) is 0 Å². The summed E-state index contributed by atoms with van der Waals surface area (Å²) in [6.45, 7) is 10.1. The molecule has 2 fully saturated rings. The Labute approximate surface area is 119 Å². The van der Waals surface area contributed by atoms with E-state index in [0.29, 0.717) is 12.1 Å². The molecule has 112 valence electrons. The lowest BCUT2D eigenvalue weighted by atomic mass is 9.81. The van der Waals surface area contributed by atoms with Gasteiger partial charge in [0.15, 0.2) is 0 Å². The van der Waals surface area contributed by atoms with Crippen molar-refractivity contribution in [3.05, 3.63) is 0 Å². The van der Waals surface area contributed by atoms with Gasteiger partial charge in [0.1, 0.15) is 0 Å². The highest BCUT2D eigenvalue weighted by atomic mass is 16.5. The number of ether oxygens (including phenoxy) is 1. The second kappa shape index (κ2) is 6.55. The first-order valence-electron chi connectivity index (χ1n) is 8.03. The maximum Gasteiger partial charge on any atom is 0.0615 e. The molecule has 2 atom stereocenters. The average Bonchev–Trinajstić information content (AvgIpc) is 2.39. The molecular formula is C16H32N2O. The lowest BCUT2D eigenvalue weighted by molar-refractivity contribution is -0.0118. The number of nitrogens with zero attached hydrogens (tertiary/aromatic N) is 1. The molecule has 1 aliphatic carbocycles. The Kier molecular flexibility index (Phi) is 5.27. The fraction of sp³-hybridized carbons (Fsp3) is 1.00. The minimum absolute atomic E-state index is 0.239. The Morgan fingerprint density at radius 3 is 2.58 bits per heavy atom. The molecule has 2 unspecified atom stereocenters. The van der Waals surface area contributed by atoms with Crippen LogP contribution in [0.2, 0.25) is 0 Å². The maximum absolute atomic E-state index is 5.37. The third kappa shape index (κ3) is 3.71. The highest BCUT2D eigenvalue weighted by Crippen LogP contribution is 2.31. The van der Waals surface area contributed by atoms with E-state index in [9.17, 15) is 0 Å². The predicted octanol–water partition coefficient (Wildman–Crippen LogP) is 2.65. The van der Waals surface area contributed by atoms with E-state index in [-0.39, 0.29) is 5.54 Å². The summed E-state index contributed by atoms with van der Waals surface area (Å²) in [7, 11) is 1.81. The molecule has 0 amide bonds. The second-order valence-electron chi connectivity index (χ2n) is 7.15. The third-order valence-corrected chi connectivity index (χ3v) is 5.13. The SMILES string of the molecule is COCC(C)N1CC(C2CCCCC2)NCC1(C)C. The molecule has 0 aromatic rings. The Morgan fingerprint density at radius 2 is 1.95 bits per heavy atom. The molecule has 0 aromatic carbocycles. The van der Waals surface area contributed by atoms with Crippen LogP contribution in [-0.2, 0) is 4.74 Å². The van der Waals surface area contributed by atoms with E-state index in [0.717, 1.165) is 19.1 Å². The van der Waals surface area contributed by atoms with Gasteiger partial charge in [-0.05, 0) is 39.5 Å². The first-order chi connectivity index (χ1) is 9.04. The summed E-state index contributed by atoms with van der Waals surface area (Å²) in [5, 5.41) is 3.82. The summed E-state index contributed by atoms with van der Waals surface area (Å²) in [5.74, 6) is 0.891. The molecule has 1 heterocycles. The topological polar surface area (TPSA) is 24.5 Å². The van der Waals surface area contributed by atoms with Gasteiger partial charge in [0.05, 0.1) is 6.61 Å². The van der Waals surface area contributed by atoms with Gasteiger partial charge in [0.2, 0.25) is 0 Å². The summed E-state index contributed by atoms with van der Waals surface area (Å²) < 4.78 is 5.37. The van der Waals surface area contributed by atoms with Crippen LogP contribution >= 0.6 is 0 Å². The maximum atomic E-state index is 5.37. The van der Waals surface area contributed by atoms with Gasteiger partial charge in [-0.3, -0.25) is 4.90 Å². The zero-order valence-electron chi connectivity index (χ0n) is 13.2. The van der Waals surface area contributed by atoms with Gasteiger partial charge in [0.25, 0.3) is 0 Å². The molecule has 1 N–H and O–H groups in total. The molecule has 0 bridgehead atoms. The fourth-order valence-electron chi connectivity index (χ4n) is 3.97. The second-order valence-corrected chi connectivity index (χ2v) is 7.15. The summed E-state index contributed by atoms with van der Waals surface area (Å²) in [6.07, 6.45) is 7.15. The van der Waals surface area contributed by atoms with Crippen LogP contribution in [0.4, 0.5) is 0 Å². The quantitative estimate of drug-likeness (QED) is 0.848. The van der Waals surface area contributed by atoms with Gasteiger partial charge < -0.3 is 10.1 Å². The molecule has 1 saturated heterocycles. The highest BCUT2D eigenvalue weighted by molar-refractivity contribution is 4.97. The van der Waals surface area contributed by atoms with Gasteiger partial charge in [-0.1, -0.05) is 19.3 Å². The summed E-state index contributed by atoms with van der Waals surface area (Å²) >= 11 is 0. The average molecular weight is 268 g/mol. The minimum atomic E-state index is 0.239. The van der Waals surface area contributed by atoms with Crippen LogP contribution < -0.4 is 5.32 Å². The summed E-state index contributed by atoms with van der Waals surface area (Å²) in [6, 6.07) is 1.20. The van der Waals surface area contributed by atoms with E-state index >= 15 is 0 Å². The molecular weight excluding hydrogens is 236 g/mol. The Balaban J connectivity index is 1.98. The van der Waals surface area contributed by atoms with Crippen LogP contribution in [0.1, 0.15) is 52.9 Å². The molecule has 1 aliphatic heterocycles. The Bertz CT molecular complexity index is 274. The van der Waals surface area contributed by atoms with Crippen molar-refractivity contribution in [2.45, 2.75) is 70.5 Å². The lowest BCUT2D eigenvalue weighted by Crippen LogP contribution is -2.66. The molecule has 19 heavy (non-hydrogen) atoms. The van der Waals surface area contributed by atoms with E-state index in [1.165, 1.54) is 38.6 Å². The Hall–Kier alpha value is -0.120. The molecule has 2 rings (SSSR count). The van der Waals surface area contributed by atoms with E-state index in [4.69, 9.17) is 4.74 Å². The Morgan fingerprint density at radius 1 is 1.26 bits per heavy atom. The van der Waals surface area contributed by atoms with Crippen LogP contribution in [0.3, 0.4) is 0 Å². The van der Waals surface area contributed by atoms with Crippen LogP contribution in [-0.4, -0.2) is 49.3 Å². The zero-order valence-corrected chi connectivity index (χ0v) is 13.2. The van der Waals surface area contributed by atoms with Gasteiger partial charge >= 0.3 is 0 Å². The first kappa shape index (κ1) is 15.3. The van der Waals surface area contributed by atoms with E-state index in [2.05, 4.69) is 31.0 Å². The van der Waals surface area contributed by atoms with E-state index in [1.807, 2.05) is 7.11 Å². The van der Waals surface area contributed by atoms with Crippen molar-refractivity contribution < 1.29 is 4.74 Å². The normalized spacial score (nSPS) is 31.3. The van der Waals surface area contributed by atoms with Crippen LogP contribution in [0.25, 0.3) is 0 Å². The minimum Gasteiger partial charge on any atom is -0.383 e. The van der Waals surface area contributed by atoms with Crippen molar-refractivity contribution in [2.24, 2.45) is 5.92 Å². The zero-order chi connectivity index (χ0) is 13.9. The molecule has 0 radical (unpaired) electrons. The van der Waals surface area contributed by atoms with Gasteiger partial charge in [0, 0.05) is 37.8 Å². The van der Waals surface area contributed by atoms with Crippen LogP contribution in [0, 0.1) is 5.92 Å². The van der Waals surface area contributed by atoms with E-state index in [1.54, 1.807) is 0 Å². The van der Waals surface area contributed by atoms with Crippen LogP contribution in [0.15, 0.2) is 0 Å².